The third-order valence-corrected chi connectivity index (χ3v) is 11.3. The Morgan fingerprint density at radius 2 is 1.69 bits per heavy atom. The summed E-state index contributed by atoms with van der Waals surface area (Å²) in [6.45, 7) is 10.2. The highest BCUT2D eigenvalue weighted by molar-refractivity contribution is 6.05. The fourth-order valence-corrected chi connectivity index (χ4v) is 8.75. The number of hydrogen-bond acceptors (Lipinski definition) is 7. The number of nitrogens with zero attached hydrogens (tertiary/aromatic N) is 4. The van der Waals surface area contributed by atoms with Crippen molar-refractivity contribution >= 4 is 39.9 Å². The Morgan fingerprint density at radius 3 is 2.43 bits per heavy atom. The molecule has 0 radical (unpaired) electrons. The van der Waals surface area contributed by atoms with Crippen molar-refractivity contribution in [1.29, 1.82) is 0 Å². The summed E-state index contributed by atoms with van der Waals surface area (Å²) >= 11 is 0. The van der Waals surface area contributed by atoms with E-state index in [-0.39, 0.29) is 36.0 Å². The number of imidazole rings is 2. The molecule has 2 bridgehead atoms. The number of aromatic amines is 2. The zero-order valence-corrected chi connectivity index (χ0v) is 31.8. The lowest BCUT2D eigenvalue weighted by Crippen LogP contribution is -2.51. The van der Waals surface area contributed by atoms with Crippen LogP contribution in [-0.4, -0.2) is 79.2 Å². The Kier molecular flexibility index (Phi) is 9.10. The molecule has 12 heteroatoms. The number of ether oxygens (including phenoxy) is 2. The van der Waals surface area contributed by atoms with Gasteiger partial charge in [0.05, 0.1) is 42.1 Å². The smallest absolute Gasteiger partial charge is 0.411 e. The Labute approximate surface area is 315 Å². The van der Waals surface area contributed by atoms with Gasteiger partial charge in [-0.2, -0.15) is 0 Å². The number of benzene rings is 3. The maximum Gasteiger partial charge on any atom is 0.411 e. The normalized spacial score (nSPS) is 21.7. The van der Waals surface area contributed by atoms with Crippen molar-refractivity contribution in [3.8, 4) is 22.4 Å². The highest BCUT2D eigenvalue weighted by Crippen LogP contribution is 2.50. The summed E-state index contributed by atoms with van der Waals surface area (Å²) in [6.07, 6.45) is 5.68. The van der Waals surface area contributed by atoms with Crippen molar-refractivity contribution in [2.75, 3.05) is 13.7 Å². The first-order chi connectivity index (χ1) is 25.9. The van der Waals surface area contributed by atoms with Crippen LogP contribution in [0.1, 0.15) is 90.5 Å². The van der Waals surface area contributed by atoms with Gasteiger partial charge in [0.15, 0.2) is 0 Å². The van der Waals surface area contributed by atoms with Gasteiger partial charge in [-0.3, -0.25) is 9.69 Å². The Hall–Kier alpha value is -5.39. The number of hydrogen-bond donors (Lipinski definition) is 3. The molecule has 5 atom stereocenters. The van der Waals surface area contributed by atoms with Crippen LogP contribution in [0.4, 0.5) is 9.59 Å². The minimum Gasteiger partial charge on any atom is -0.453 e. The SMILES string of the molecule is COC(=O)NC(C(=O)N1CCCC1c1ncc(-c2ccc(-c3ccc4c(ccc5[nH]c(C6C7CCC(C7)N6C(=O)OC(C)(C)C)nc54)c3)cc2)[nH]1)C(C)C. The minimum absolute atomic E-state index is 0.0966. The van der Waals surface area contributed by atoms with Gasteiger partial charge in [-0.15, -0.1) is 0 Å². The molecule has 3 N–H and O–H groups in total. The molecule has 0 spiro atoms. The largest absolute Gasteiger partial charge is 0.453 e. The van der Waals surface area contributed by atoms with E-state index in [1.807, 2.05) is 50.6 Å². The van der Waals surface area contributed by atoms with Crippen molar-refractivity contribution < 1.29 is 23.9 Å². The maximum atomic E-state index is 13.6. The monoisotopic (exact) mass is 731 g/mol. The van der Waals surface area contributed by atoms with Crippen LogP contribution in [0.15, 0.2) is 60.8 Å². The lowest BCUT2D eigenvalue weighted by atomic mass is 9.98. The molecule has 2 aromatic heterocycles. The number of H-pyrrole nitrogens is 2. The van der Waals surface area contributed by atoms with Crippen LogP contribution in [-0.2, 0) is 14.3 Å². The number of amides is 3. The molecular formula is C42H49N7O5. The Morgan fingerprint density at radius 1 is 0.926 bits per heavy atom. The molecule has 3 aromatic carbocycles. The number of aromatic nitrogens is 4. The molecular weight excluding hydrogens is 683 g/mol. The van der Waals surface area contributed by atoms with Crippen LogP contribution in [0, 0.1) is 11.8 Å². The van der Waals surface area contributed by atoms with Crippen molar-refractivity contribution in [1.82, 2.24) is 35.1 Å². The lowest BCUT2D eigenvalue weighted by molar-refractivity contribution is -0.135. The van der Waals surface area contributed by atoms with E-state index in [1.54, 1.807) is 0 Å². The van der Waals surface area contributed by atoms with Crippen LogP contribution in [0.2, 0.25) is 0 Å². The van der Waals surface area contributed by atoms with Gasteiger partial charge in [0.2, 0.25) is 5.91 Å². The number of methoxy groups -OCH3 is 1. The zero-order chi connectivity index (χ0) is 37.9. The molecule has 282 valence electrons. The van der Waals surface area contributed by atoms with Gasteiger partial charge in [-0.1, -0.05) is 56.3 Å². The van der Waals surface area contributed by atoms with Crippen LogP contribution >= 0.6 is 0 Å². The second-order valence-corrected chi connectivity index (χ2v) is 16.4. The summed E-state index contributed by atoms with van der Waals surface area (Å²) in [5, 5.41) is 4.86. The number of likely N-dealkylation sites (tertiary alicyclic amines) is 2. The number of carbonyl (C=O) groups excluding carboxylic acids is 3. The fraction of sp³-hybridized carbons (Fsp3) is 0.452. The molecule has 3 aliphatic rings. The molecule has 1 saturated carbocycles. The molecule has 3 amide bonds. The standard InChI is InChI=1S/C42H49N7O5/c1-23(2)34(47-40(51)53-6)39(50)48-19-7-8-33(48)37-43-22-32(45-37)25-11-9-24(10-12-25)26-14-17-30-27(20-26)15-18-31-35(30)46-38(44-31)36-28-13-16-29(21-28)49(36)41(52)54-42(3,4)5/h9-12,14-15,17-18,20,22-23,28-29,33-34,36H,7-8,13,16,19,21H2,1-6H3,(H,43,45)(H,44,46)(H,47,51). The molecule has 2 saturated heterocycles. The molecule has 2 aliphatic heterocycles. The van der Waals surface area contributed by atoms with Gasteiger partial charge in [0.1, 0.15) is 23.3 Å². The van der Waals surface area contributed by atoms with Crippen LogP contribution in [0.3, 0.4) is 0 Å². The number of carbonyl (C=O) groups is 3. The van der Waals surface area contributed by atoms with Crippen LogP contribution in [0.5, 0.6) is 0 Å². The van der Waals surface area contributed by atoms with Gasteiger partial charge >= 0.3 is 12.2 Å². The second kappa shape index (κ2) is 13.8. The first-order valence-corrected chi connectivity index (χ1v) is 19.1. The molecule has 8 rings (SSSR count). The third kappa shape index (κ3) is 6.56. The summed E-state index contributed by atoms with van der Waals surface area (Å²) in [5.74, 6) is 1.72. The number of alkyl carbamates (subject to hydrolysis) is 1. The third-order valence-electron chi connectivity index (χ3n) is 11.3. The molecule has 1 aliphatic carbocycles. The van der Waals surface area contributed by atoms with Gasteiger partial charge in [0.25, 0.3) is 0 Å². The van der Waals surface area contributed by atoms with E-state index in [0.29, 0.717) is 12.5 Å². The van der Waals surface area contributed by atoms with E-state index in [4.69, 9.17) is 19.4 Å². The summed E-state index contributed by atoms with van der Waals surface area (Å²) in [6, 6.07) is 18.3. The molecule has 12 nitrogen and oxygen atoms in total. The molecule has 5 unspecified atom stereocenters. The first kappa shape index (κ1) is 35.6. The molecule has 3 fully saturated rings. The summed E-state index contributed by atoms with van der Waals surface area (Å²) in [5.41, 5.74) is 5.37. The van der Waals surface area contributed by atoms with E-state index < -0.39 is 17.7 Å². The quantitative estimate of drug-likeness (QED) is 0.153. The molecule has 5 aromatic rings. The number of piperidine rings is 1. The summed E-state index contributed by atoms with van der Waals surface area (Å²) in [7, 11) is 1.30. The number of rotatable bonds is 7. The Balaban J connectivity index is 0.999. The van der Waals surface area contributed by atoms with Crippen molar-refractivity contribution in [2.45, 2.75) is 96.5 Å². The topological polar surface area (TPSA) is 146 Å². The van der Waals surface area contributed by atoms with Gasteiger partial charge in [0, 0.05) is 18.0 Å². The van der Waals surface area contributed by atoms with E-state index in [9.17, 15) is 14.4 Å². The average Bonchev–Trinajstić information content (AvgIpc) is 3.99. The highest BCUT2D eigenvalue weighted by atomic mass is 16.6. The van der Waals surface area contributed by atoms with Crippen molar-refractivity contribution in [2.24, 2.45) is 11.8 Å². The number of nitrogens with one attached hydrogen (secondary N) is 3. The van der Waals surface area contributed by atoms with Crippen molar-refractivity contribution in [3.05, 3.63) is 72.4 Å². The van der Waals surface area contributed by atoms with Gasteiger partial charge < -0.3 is 29.7 Å². The predicted molar refractivity (Wildman–Crippen MR) is 206 cm³/mol. The van der Waals surface area contributed by atoms with Gasteiger partial charge in [-0.25, -0.2) is 19.6 Å². The van der Waals surface area contributed by atoms with E-state index in [2.05, 4.69) is 69.9 Å². The van der Waals surface area contributed by atoms with E-state index >= 15 is 0 Å². The van der Waals surface area contributed by atoms with Crippen LogP contribution in [0.25, 0.3) is 44.2 Å². The maximum absolute atomic E-state index is 13.6. The zero-order valence-electron chi connectivity index (χ0n) is 31.8. The van der Waals surface area contributed by atoms with Crippen molar-refractivity contribution in [3.63, 3.8) is 0 Å². The summed E-state index contributed by atoms with van der Waals surface area (Å²) in [4.78, 5) is 59.5. The van der Waals surface area contributed by atoms with E-state index in [1.165, 1.54) is 7.11 Å². The average molecular weight is 732 g/mol. The lowest BCUT2D eigenvalue weighted by Gasteiger charge is -2.35. The van der Waals surface area contributed by atoms with E-state index in [0.717, 1.165) is 87.9 Å². The summed E-state index contributed by atoms with van der Waals surface area (Å²) < 4.78 is 10.6. The van der Waals surface area contributed by atoms with Crippen LogP contribution < -0.4 is 5.32 Å². The van der Waals surface area contributed by atoms with Gasteiger partial charge in [-0.05, 0) is 98.9 Å². The molecule has 4 heterocycles. The Bertz CT molecular complexity index is 2220. The number of fused-ring (bicyclic) bond motifs is 5. The first-order valence-electron chi connectivity index (χ1n) is 19.1. The predicted octanol–water partition coefficient (Wildman–Crippen LogP) is 8.28. The highest BCUT2D eigenvalue weighted by Gasteiger charge is 2.51. The second-order valence-electron chi connectivity index (χ2n) is 16.4. The fourth-order valence-electron chi connectivity index (χ4n) is 8.75. The molecule has 54 heavy (non-hydrogen) atoms. The minimum atomic E-state index is -0.679.